The summed E-state index contributed by atoms with van der Waals surface area (Å²) in [6.45, 7) is 0.643. The second-order valence-electron chi connectivity index (χ2n) is 2.83. The molecule has 4 heteroatoms. The molecule has 14 heavy (non-hydrogen) atoms. The van der Waals surface area contributed by atoms with Crippen molar-refractivity contribution < 1.29 is 4.74 Å². The molecule has 1 aromatic carbocycles. The number of methoxy groups -OCH3 is 1. The van der Waals surface area contributed by atoms with Crippen LogP contribution in [0.3, 0.4) is 0 Å². The molecule has 0 saturated heterocycles. The number of hydrogen-bond donors (Lipinski definition) is 3. The number of rotatable bonds is 3. The van der Waals surface area contributed by atoms with Gasteiger partial charge in [0, 0.05) is 13.6 Å². The minimum Gasteiger partial charge on any atom is -0.497 e. The normalized spacial score (nSPS) is 9.29. The van der Waals surface area contributed by atoms with Crippen LogP contribution >= 0.6 is 0 Å². The van der Waals surface area contributed by atoms with Crippen molar-refractivity contribution in [3.63, 3.8) is 0 Å². The van der Waals surface area contributed by atoms with Gasteiger partial charge < -0.3 is 15.4 Å². The lowest BCUT2D eigenvalue weighted by atomic mass is 10.2. The van der Waals surface area contributed by atoms with Gasteiger partial charge in [0.15, 0.2) is 5.96 Å². The van der Waals surface area contributed by atoms with Gasteiger partial charge in [0.2, 0.25) is 0 Å². The molecule has 0 amide bonds. The van der Waals surface area contributed by atoms with Crippen molar-refractivity contribution in [2.45, 2.75) is 6.54 Å². The monoisotopic (exact) mass is 193 g/mol. The first-order valence-electron chi connectivity index (χ1n) is 4.39. The van der Waals surface area contributed by atoms with Crippen molar-refractivity contribution in [2.24, 2.45) is 0 Å². The third-order valence-electron chi connectivity index (χ3n) is 1.88. The summed E-state index contributed by atoms with van der Waals surface area (Å²) in [4.78, 5) is 0. The maximum absolute atomic E-state index is 7.32. The van der Waals surface area contributed by atoms with E-state index in [9.17, 15) is 0 Å². The Balaban J connectivity index is 2.47. The molecule has 3 N–H and O–H groups in total. The Morgan fingerprint density at radius 2 is 2.00 bits per heavy atom. The molecular weight excluding hydrogens is 178 g/mol. The molecule has 0 radical (unpaired) electrons. The lowest BCUT2D eigenvalue weighted by molar-refractivity contribution is 0.414. The van der Waals surface area contributed by atoms with E-state index in [2.05, 4.69) is 10.6 Å². The second kappa shape index (κ2) is 5.11. The predicted molar refractivity (Wildman–Crippen MR) is 56.6 cm³/mol. The van der Waals surface area contributed by atoms with Crippen LogP contribution in [0.2, 0.25) is 0 Å². The largest absolute Gasteiger partial charge is 0.497 e. The maximum Gasteiger partial charge on any atom is 0.188 e. The van der Waals surface area contributed by atoms with Crippen molar-refractivity contribution in [1.82, 2.24) is 10.6 Å². The van der Waals surface area contributed by atoms with Gasteiger partial charge in [-0.3, -0.25) is 5.41 Å². The molecule has 0 aliphatic carbocycles. The summed E-state index contributed by atoms with van der Waals surface area (Å²) in [7, 11) is 3.35. The molecule has 76 valence electrons. The standard InChI is InChI=1S/C10H15N3O/c1-12-10(11)13-7-8-3-5-9(14-2)6-4-8/h3-6H,7H2,1-2H3,(H3,11,12,13). The minimum atomic E-state index is 0.320. The fraction of sp³-hybridized carbons (Fsp3) is 0.300. The molecule has 0 atom stereocenters. The van der Waals surface area contributed by atoms with Crippen LogP contribution in [-0.2, 0) is 6.54 Å². The fourth-order valence-corrected chi connectivity index (χ4v) is 1.02. The molecule has 0 heterocycles. The van der Waals surface area contributed by atoms with Gasteiger partial charge in [0.25, 0.3) is 0 Å². The van der Waals surface area contributed by atoms with E-state index in [1.807, 2.05) is 24.3 Å². The first-order chi connectivity index (χ1) is 6.76. The number of ether oxygens (including phenoxy) is 1. The second-order valence-corrected chi connectivity index (χ2v) is 2.83. The van der Waals surface area contributed by atoms with E-state index >= 15 is 0 Å². The first kappa shape index (κ1) is 10.4. The average Bonchev–Trinajstić information content (AvgIpc) is 2.26. The van der Waals surface area contributed by atoms with Crippen LogP contribution in [-0.4, -0.2) is 20.1 Å². The van der Waals surface area contributed by atoms with E-state index in [4.69, 9.17) is 10.1 Å². The molecule has 0 saturated carbocycles. The van der Waals surface area contributed by atoms with Crippen LogP contribution in [0.15, 0.2) is 24.3 Å². The van der Waals surface area contributed by atoms with Crippen molar-refractivity contribution in [3.05, 3.63) is 29.8 Å². The Kier molecular flexibility index (Phi) is 3.79. The summed E-state index contributed by atoms with van der Waals surface area (Å²) >= 11 is 0. The highest BCUT2D eigenvalue weighted by atomic mass is 16.5. The number of guanidine groups is 1. The van der Waals surface area contributed by atoms with Gasteiger partial charge in [-0.1, -0.05) is 12.1 Å². The van der Waals surface area contributed by atoms with Gasteiger partial charge in [-0.25, -0.2) is 0 Å². The quantitative estimate of drug-likeness (QED) is 0.494. The maximum atomic E-state index is 7.32. The highest BCUT2D eigenvalue weighted by molar-refractivity contribution is 5.75. The lowest BCUT2D eigenvalue weighted by Crippen LogP contribution is -2.32. The summed E-state index contributed by atoms with van der Waals surface area (Å²) < 4.78 is 5.04. The summed E-state index contributed by atoms with van der Waals surface area (Å²) in [5.74, 6) is 1.17. The van der Waals surface area contributed by atoms with Gasteiger partial charge in [-0.2, -0.15) is 0 Å². The topological polar surface area (TPSA) is 57.1 Å². The van der Waals surface area contributed by atoms with Crippen LogP contribution in [0.5, 0.6) is 5.75 Å². The van der Waals surface area contributed by atoms with Gasteiger partial charge >= 0.3 is 0 Å². The Bertz CT molecular complexity index is 295. The number of hydrogen-bond acceptors (Lipinski definition) is 2. The minimum absolute atomic E-state index is 0.320. The molecule has 1 rings (SSSR count). The van der Waals surface area contributed by atoms with Crippen LogP contribution < -0.4 is 15.4 Å². The number of nitrogens with one attached hydrogen (secondary N) is 3. The molecule has 0 spiro atoms. The number of benzene rings is 1. The summed E-state index contributed by atoms with van der Waals surface area (Å²) in [6.07, 6.45) is 0. The molecular formula is C10H15N3O. The Morgan fingerprint density at radius 3 is 2.50 bits per heavy atom. The van der Waals surface area contributed by atoms with E-state index < -0.39 is 0 Å². The van der Waals surface area contributed by atoms with Crippen molar-refractivity contribution in [2.75, 3.05) is 14.2 Å². The fourth-order valence-electron chi connectivity index (χ4n) is 1.02. The zero-order valence-electron chi connectivity index (χ0n) is 8.42. The summed E-state index contributed by atoms with van der Waals surface area (Å²) in [6, 6.07) is 7.74. The Morgan fingerprint density at radius 1 is 1.36 bits per heavy atom. The zero-order chi connectivity index (χ0) is 10.4. The van der Waals surface area contributed by atoms with E-state index in [-0.39, 0.29) is 0 Å². The van der Waals surface area contributed by atoms with E-state index in [0.29, 0.717) is 12.5 Å². The van der Waals surface area contributed by atoms with Gasteiger partial charge in [0.1, 0.15) is 5.75 Å². The predicted octanol–water partition coefficient (Wildman–Crippen LogP) is 0.939. The van der Waals surface area contributed by atoms with Crippen LogP contribution in [0, 0.1) is 5.41 Å². The zero-order valence-corrected chi connectivity index (χ0v) is 8.42. The molecule has 0 fully saturated rings. The van der Waals surface area contributed by atoms with Crippen LogP contribution in [0.4, 0.5) is 0 Å². The Hall–Kier alpha value is -1.71. The van der Waals surface area contributed by atoms with Crippen LogP contribution in [0.1, 0.15) is 5.56 Å². The molecule has 0 aliphatic rings. The molecule has 0 aromatic heterocycles. The SMILES string of the molecule is CNC(=N)NCc1ccc(OC)cc1. The molecule has 0 aliphatic heterocycles. The Labute approximate surface area is 83.8 Å². The molecule has 0 bridgehead atoms. The average molecular weight is 193 g/mol. The van der Waals surface area contributed by atoms with Gasteiger partial charge in [-0.15, -0.1) is 0 Å². The summed E-state index contributed by atoms with van der Waals surface area (Å²) in [5.41, 5.74) is 1.12. The highest BCUT2D eigenvalue weighted by Gasteiger charge is 1.95. The van der Waals surface area contributed by atoms with Gasteiger partial charge in [-0.05, 0) is 17.7 Å². The van der Waals surface area contributed by atoms with Crippen LogP contribution in [0.25, 0.3) is 0 Å². The van der Waals surface area contributed by atoms with E-state index in [1.165, 1.54) is 0 Å². The van der Waals surface area contributed by atoms with E-state index in [1.54, 1.807) is 14.2 Å². The third-order valence-corrected chi connectivity index (χ3v) is 1.88. The van der Waals surface area contributed by atoms with E-state index in [0.717, 1.165) is 11.3 Å². The van der Waals surface area contributed by atoms with Gasteiger partial charge in [0.05, 0.1) is 7.11 Å². The summed E-state index contributed by atoms with van der Waals surface area (Å²) in [5, 5.41) is 12.9. The molecule has 1 aromatic rings. The smallest absolute Gasteiger partial charge is 0.188 e. The first-order valence-corrected chi connectivity index (χ1v) is 4.39. The van der Waals surface area contributed by atoms with Crippen molar-refractivity contribution >= 4 is 5.96 Å². The van der Waals surface area contributed by atoms with Crippen molar-refractivity contribution in [1.29, 1.82) is 5.41 Å². The van der Waals surface area contributed by atoms with Crippen molar-refractivity contribution in [3.8, 4) is 5.75 Å². The third kappa shape index (κ3) is 2.97. The molecule has 0 unspecified atom stereocenters. The molecule has 4 nitrogen and oxygen atoms in total. The highest BCUT2D eigenvalue weighted by Crippen LogP contribution is 2.10. The lowest BCUT2D eigenvalue weighted by Gasteiger charge is -2.07.